The molecule has 2 fully saturated rings. The minimum atomic E-state index is -0.389. The second kappa shape index (κ2) is 0.784. The van der Waals surface area contributed by atoms with E-state index in [4.69, 9.17) is 6.11 Å². The Balaban J connectivity index is 2.17. The minimum Gasteiger partial charge on any atom is -0.378 e. The Morgan fingerprint density at radius 1 is 1.83 bits per heavy atom. The zero-order valence-electron chi connectivity index (χ0n) is 4.61. The molecule has 1 heteroatoms. The average molecular weight is 85.1 g/mol. The SMILES string of the molecule is [2H]C12CC1CCO2. The van der Waals surface area contributed by atoms with Gasteiger partial charge in [-0.05, 0) is 18.8 Å². The lowest BCUT2D eigenvalue weighted by molar-refractivity contribution is 0.156. The van der Waals surface area contributed by atoms with Gasteiger partial charge in [-0.2, -0.15) is 0 Å². The lowest BCUT2D eigenvalue weighted by atomic mass is 10.3. The van der Waals surface area contributed by atoms with Crippen LogP contribution in [0.5, 0.6) is 0 Å². The van der Waals surface area contributed by atoms with Gasteiger partial charge in [-0.15, -0.1) is 0 Å². The molecule has 0 N–H and O–H groups in total. The molecule has 1 saturated heterocycles. The normalized spacial score (nSPS) is 66.7. The van der Waals surface area contributed by atoms with Crippen LogP contribution in [0.1, 0.15) is 14.2 Å². The standard InChI is InChI=1S/C5H8O/c1-2-6-5-3-4(1)5/h4-5H,1-3H2/i5D. The van der Waals surface area contributed by atoms with Gasteiger partial charge in [0, 0.05) is 6.61 Å². The molecule has 0 radical (unpaired) electrons. The molecule has 0 aromatic carbocycles. The van der Waals surface area contributed by atoms with Crippen LogP contribution in [-0.4, -0.2) is 12.7 Å². The molecular formula is C5H8O. The Bertz CT molecular complexity index is 102. The average Bonchev–Trinajstić information content (AvgIpc) is 2.09. The Morgan fingerprint density at radius 3 is 3.00 bits per heavy atom. The van der Waals surface area contributed by atoms with E-state index in [1.54, 1.807) is 0 Å². The van der Waals surface area contributed by atoms with Crippen molar-refractivity contribution in [1.29, 1.82) is 0 Å². The second-order valence-corrected chi connectivity index (χ2v) is 2.00. The molecule has 2 rings (SSSR count). The van der Waals surface area contributed by atoms with Crippen LogP contribution >= 0.6 is 0 Å². The van der Waals surface area contributed by atoms with Crippen LogP contribution in [0.2, 0.25) is 0 Å². The van der Waals surface area contributed by atoms with Gasteiger partial charge in [0.2, 0.25) is 0 Å². The quantitative estimate of drug-likeness (QED) is 0.422. The third-order valence-corrected chi connectivity index (χ3v) is 1.50. The lowest BCUT2D eigenvalue weighted by Crippen LogP contribution is -1.84. The van der Waals surface area contributed by atoms with Crippen molar-refractivity contribution in [3.05, 3.63) is 0 Å². The molecular weight excluding hydrogens is 76.1 g/mol. The van der Waals surface area contributed by atoms with Crippen LogP contribution < -0.4 is 0 Å². The van der Waals surface area contributed by atoms with Gasteiger partial charge in [-0.1, -0.05) is 0 Å². The van der Waals surface area contributed by atoms with Gasteiger partial charge in [0.15, 0.2) is 0 Å². The zero-order valence-corrected chi connectivity index (χ0v) is 3.61. The molecule has 0 amide bonds. The third-order valence-electron chi connectivity index (χ3n) is 1.50. The summed E-state index contributed by atoms with van der Waals surface area (Å²) in [4.78, 5) is 0. The molecule has 2 atom stereocenters. The highest BCUT2D eigenvalue weighted by atomic mass is 16.5. The molecule has 1 aliphatic heterocycles. The van der Waals surface area contributed by atoms with Crippen molar-refractivity contribution >= 4 is 0 Å². The van der Waals surface area contributed by atoms with Crippen LogP contribution in [0, 0.1) is 5.92 Å². The number of fused-ring (bicyclic) bond motifs is 1. The molecule has 2 aliphatic rings. The van der Waals surface area contributed by atoms with Crippen LogP contribution in [0.15, 0.2) is 0 Å². The van der Waals surface area contributed by atoms with E-state index >= 15 is 0 Å². The van der Waals surface area contributed by atoms with Crippen LogP contribution in [0.4, 0.5) is 0 Å². The monoisotopic (exact) mass is 85.1 g/mol. The van der Waals surface area contributed by atoms with E-state index in [9.17, 15) is 0 Å². The summed E-state index contributed by atoms with van der Waals surface area (Å²) in [5.41, 5.74) is 0. The predicted octanol–water partition coefficient (Wildman–Crippen LogP) is 0.795. The first-order chi connectivity index (χ1) is 3.31. The summed E-state index contributed by atoms with van der Waals surface area (Å²) >= 11 is 0. The summed E-state index contributed by atoms with van der Waals surface area (Å²) in [6, 6.07) is 0. The summed E-state index contributed by atoms with van der Waals surface area (Å²) in [7, 11) is 0. The van der Waals surface area contributed by atoms with E-state index < -0.39 is 0 Å². The van der Waals surface area contributed by atoms with Gasteiger partial charge in [-0.3, -0.25) is 0 Å². The predicted molar refractivity (Wildman–Crippen MR) is 22.5 cm³/mol. The van der Waals surface area contributed by atoms with Gasteiger partial charge in [-0.25, -0.2) is 0 Å². The highest BCUT2D eigenvalue weighted by molar-refractivity contribution is 4.91. The highest BCUT2D eigenvalue weighted by Crippen LogP contribution is 2.41. The van der Waals surface area contributed by atoms with Gasteiger partial charge < -0.3 is 4.74 Å². The molecule has 1 nitrogen and oxygen atoms in total. The molecule has 2 unspecified atom stereocenters. The molecule has 0 aromatic heterocycles. The van der Waals surface area contributed by atoms with Gasteiger partial charge in [0.05, 0.1) is 7.45 Å². The highest BCUT2D eigenvalue weighted by Gasteiger charge is 2.42. The van der Waals surface area contributed by atoms with E-state index in [0.717, 1.165) is 19.4 Å². The molecule has 1 heterocycles. The fraction of sp³-hybridized carbons (Fsp3) is 1.00. The van der Waals surface area contributed by atoms with Gasteiger partial charge in [0.1, 0.15) is 0 Å². The maximum atomic E-state index is 7.34. The zero-order chi connectivity index (χ0) is 4.91. The van der Waals surface area contributed by atoms with Crippen molar-refractivity contribution in [2.75, 3.05) is 6.61 Å². The van der Waals surface area contributed by atoms with Crippen molar-refractivity contribution in [1.82, 2.24) is 0 Å². The van der Waals surface area contributed by atoms with E-state index in [0.29, 0.717) is 5.92 Å². The molecule has 34 valence electrons. The summed E-state index contributed by atoms with van der Waals surface area (Å²) in [6.45, 7) is 0.828. The number of ether oxygens (including phenoxy) is 1. The topological polar surface area (TPSA) is 9.23 Å². The molecule has 0 spiro atoms. The number of hydrogen-bond acceptors (Lipinski definition) is 1. The first-order valence-corrected chi connectivity index (χ1v) is 2.45. The molecule has 0 aromatic rings. The van der Waals surface area contributed by atoms with E-state index in [1.165, 1.54) is 0 Å². The van der Waals surface area contributed by atoms with Gasteiger partial charge in [0.25, 0.3) is 0 Å². The molecule has 6 heavy (non-hydrogen) atoms. The fourth-order valence-electron chi connectivity index (χ4n) is 0.956. The first-order valence-electron chi connectivity index (χ1n) is 2.95. The van der Waals surface area contributed by atoms with E-state index in [2.05, 4.69) is 0 Å². The minimum absolute atomic E-state index is 0.389. The Morgan fingerprint density at radius 2 is 2.83 bits per heavy atom. The smallest absolute Gasteiger partial charge is 0.0608 e. The summed E-state index contributed by atoms with van der Waals surface area (Å²) in [6.07, 6.45) is 1.73. The first kappa shape index (κ1) is 2.31. The largest absolute Gasteiger partial charge is 0.378 e. The van der Waals surface area contributed by atoms with Crippen LogP contribution in [0.3, 0.4) is 0 Å². The van der Waals surface area contributed by atoms with Crippen LogP contribution in [-0.2, 0) is 4.74 Å². The van der Waals surface area contributed by atoms with Gasteiger partial charge >= 0.3 is 0 Å². The maximum absolute atomic E-state index is 7.34. The lowest BCUT2D eigenvalue weighted by Gasteiger charge is -1.86. The Kier molecular flexibility index (Phi) is 0.302. The third kappa shape index (κ3) is 0.243. The number of hydrogen-bond donors (Lipinski definition) is 0. The molecule has 1 saturated carbocycles. The van der Waals surface area contributed by atoms with Crippen molar-refractivity contribution in [3.8, 4) is 0 Å². The maximum Gasteiger partial charge on any atom is 0.0608 e. The van der Waals surface area contributed by atoms with Crippen molar-refractivity contribution < 1.29 is 6.11 Å². The van der Waals surface area contributed by atoms with Crippen LogP contribution in [0.25, 0.3) is 0 Å². The van der Waals surface area contributed by atoms with Crippen molar-refractivity contribution in [3.63, 3.8) is 0 Å². The molecule has 0 bridgehead atoms. The fourth-order valence-corrected chi connectivity index (χ4v) is 0.956. The van der Waals surface area contributed by atoms with E-state index in [-0.39, 0.29) is 6.08 Å². The second-order valence-electron chi connectivity index (χ2n) is 2.00. The van der Waals surface area contributed by atoms with E-state index in [1.807, 2.05) is 0 Å². The summed E-state index contributed by atoms with van der Waals surface area (Å²) in [5, 5.41) is 0. The summed E-state index contributed by atoms with van der Waals surface area (Å²) < 4.78 is 12.4. The Hall–Kier alpha value is -0.0400. The van der Waals surface area contributed by atoms with Crippen molar-refractivity contribution in [2.45, 2.75) is 18.9 Å². The molecule has 1 aliphatic carbocycles. The van der Waals surface area contributed by atoms with Crippen molar-refractivity contribution in [2.24, 2.45) is 5.92 Å². The number of rotatable bonds is 0. The Labute approximate surface area is 38.7 Å². The summed E-state index contributed by atoms with van der Waals surface area (Å²) in [5.74, 6) is 0.604.